The van der Waals surface area contributed by atoms with Crippen molar-refractivity contribution in [3.63, 3.8) is 0 Å². The number of thiazole rings is 1. The van der Waals surface area contributed by atoms with Gasteiger partial charge in [0, 0.05) is 11.5 Å². The summed E-state index contributed by atoms with van der Waals surface area (Å²) in [6, 6.07) is -0.0468. The van der Waals surface area contributed by atoms with Gasteiger partial charge >= 0.3 is 0 Å². The predicted octanol–water partition coefficient (Wildman–Crippen LogP) is 2.39. The summed E-state index contributed by atoms with van der Waals surface area (Å²) in [5.74, 6) is -0.0846. The highest BCUT2D eigenvalue weighted by Gasteiger charge is 2.20. The van der Waals surface area contributed by atoms with E-state index in [0.29, 0.717) is 6.61 Å². The van der Waals surface area contributed by atoms with E-state index in [9.17, 15) is 4.79 Å². The molecule has 6 heteroatoms. The Kier molecular flexibility index (Phi) is 5.44. The number of aryl methyl sites for hydroxylation is 2. The third-order valence-electron chi connectivity index (χ3n) is 4.17. The summed E-state index contributed by atoms with van der Waals surface area (Å²) in [5, 5.41) is 3.99. The number of nitrogens with zero attached hydrogens (tertiary/aromatic N) is 1. The normalized spacial score (nSPS) is 22.3. The lowest BCUT2D eigenvalue weighted by atomic mass is 10.0. The molecule has 2 aliphatic rings. The highest BCUT2D eigenvalue weighted by atomic mass is 32.1. The Morgan fingerprint density at radius 2 is 2.32 bits per heavy atom. The average Bonchev–Trinajstić information content (AvgIpc) is 3.16. The molecule has 1 fully saturated rings. The molecule has 1 aromatic rings. The number of carbonyl (C=O) groups excluding carboxylic acids is 1. The van der Waals surface area contributed by atoms with Gasteiger partial charge in [0.05, 0.1) is 24.4 Å². The van der Waals surface area contributed by atoms with Crippen LogP contribution in [0.5, 0.6) is 0 Å². The second kappa shape index (κ2) is 7.53. The molecular formula is C16H24N2O3S. The Hall–Kier alpha value is -0.980. The van der Waals surface area contributed by atoms with Gasteiger partial charge in [-0.1, -0.05) is 0 Å². The van der Waals surface area contributed by atoms with E-state index in [-0.39, 0.29) is 24.7 Å². The van der Waals surface area contributed by atoms with E-state index in [1.165, 1.54) is 23.4 Å². The van der Waals surface area contributed by atoms with Crippen molar-refractivity contribution in [2.75, 3.05) is 19.8 Å². The molecule has 1 amide bonds. The van der Waals surface area contributed by atoms with Gasteiger partial charge in [-0.05, 0) is 45.4 Å². The van der Waals surface area contributed by atoms with E-state index < -0.39 is 0 Å². The zero-order valence-electron chi connectivity index (χ0n) is 13.1. The first-order chi connectivity index (χ1) is 10.7. The number of hydrogen-bond acceptors (Lipinski definition) is 5. The van der Waals surface area contributed by atoms with Crippen LogP contribution < -0.4 is 5.32 Å². The van der Waals surface area contributed by atoms with E-state index >= 15 is 0 Å². The third-order valence-corrected chi connectivity index (χ3v) is 5.51. The first-order valence-corrected chi connectivity index (χ1v) is 9.01. The quantitative estimate of drug-likeness (QED) is 0.873. The minimum absolute atomic E-state index is 0.0468. The monoisotopic (exact) mass is 324 g/mol. The molecule has 0 spiro atoms. The molecule has 5 nitrogen and oxygen atoms in total. The molecule has 1 saturated heterocycles. The van der Waals surface area contributed by atoms with Crippen molar-refractivity contribution >= 4 is 17.2 Å². The Labute approximate surface area is 135 Å². The van der Waals surface area contributed by atoms with Crippen LogP contribution in [0.1, 0.15) is 54.2 Å². The average molecular weight is 324 g/mol. The van der Waals surface area contributed by atoms with Gasteiger partial charge in [0.25, 0.3) is 0 Å². The van der Waals surface area contributed by atoms with Gasteiger partial charge in [-0.25, -0.2) is 4.98 Å². The number of fused-ring (bicyclic) bond motifs is 1. The van der Waals surface area contributed by atoms with Crippen LogP contribution in [0.2, 0.25) is 0 Å². The van der Waals surface area contributed by atoms with Gasteiger partial charge in [0.1, 0.15) is 11.6 Å². The summed E-state index contributed by atoms with van der Waals surface area (Å²) in [7, 11) is 0. The van der Waals surface area contributed by atoms with E-state index in [2.05, 4.69) is 5.32 Å². The van der Waals surface area contributed by atoms with Crippen LogP contribution >= 0.6 is 11.3 Å². The zero-order chi connectivity index (χ0) is 15.4. The number of aromatic nitrogens is 1. The van der Waals surface area contributed by atoms with Gasteiger partial charge in [-0.3, -0.25) is 4.79 Å². The molecule has 2 heterocycles. The maximum absolute atomic E-state index is 11.9. The van der Waals surface area contributed by atoms with E-state index in [1.807, 2.05) is 6.92 Å². The van der Waals surface area contributed by atoms with Gasteiger partial charge in [-0.2, -0.15) is 0 Å². The molecule has 0 saturated carbocycles. The smallest absolute Gasteiger partial charge is 0.246 e. The summed E-state index contributed by atoms with van der Waals surface area (Å²) in [6.45, 7) is 3.40. The molecule has 0 aromatic carbocycles. The molecule has 1 N–H and O–H groups in total. The van der Waals surface area contributed by atoms with Crippen LogP contribution in [0.15, 0.2) is 0 Å². The highest BCUT2D eigenvalue weighted by Crippen LogP contribution is 2.29. The summed E-state index contributed by atoms with van der Waals surface area (Å²) in [5.41, 5.74) is 1.24. The zero-order valence-corrected chi connectivity index (χ0v) is 13.9. The van der Waals surface area contributed by atoms with Crippen molar-refractivity contribution < 1.29 is 14.3 Å². The summed E-state index contributed by atoms with van der Waals surface area (Å²) in [4.78, 5) is 18.0. The van der Waals surface area contributed by atoms with Crippen molar-refractivity contribution in [1.29, 1.82) is 0 Å². The van der Waals surface area contributed by atoms with E-state index in [0.717, 1.165) is 37.3 Å². The number of hydrogen-bond donors (Lipinski definition) is 1. The molecule has 2 atom stereocenters. The molecule has 3 rings (SSSR count). The fourth-order valence-corrected chi connectivity index (χ4v) is 4.12. The fourth-order valence-electron chi connectivity index (χ4n) is 2.96. The lowest BCUT2D eigenvalue weighted by Crippen LogP contribution is -2.31. The SMILES string of the molecule is CC(NC(=O)COCC1CCCO1)c1nc2c(s1)CCCC2. The number of rotatable bonds is 6. The van der Waals surface area contributed by atoms with Gasteiger partial charge in [0.15, 0.2) is 0 Å². The maximum Gasteiger partial charge on any atom is 0.246 e. The summed E-state index contributed by atoms with van der Waals surface area (Å²) < 4.78 is 10.9. The second-order valence-corrected chi connectivity index (χ2v) is 7.18. The molecule has 122 valence electrons. The van der Waals surface area contributed by atoms with Crippen LogP contribution in [0, 0.1) is 0 Å². The number of nitrogens with one attached hydrogen (secondary N) is 1. The van der Waals surface area contributed by atoms with Crippen LogP contribution in [-0.4, -0.2) is 36.8 Å². The predicted molar refractivity (Wildman–Crippen MR) is 85.1 cm³/mol. The largest absolute Gasteiger partial charge is 0.376 e. The molecule has 22 heavy (non-hydrogen) atoms. The maximum atomic E-state index is 11.9. The van der Waals surface area contributed by atoms with E-state index in [4.69, 9.17) is 14.5 Å². The first kappa shape index (κ1) is 15.9. The van der Waals surface area contributed by atoms with Crippen molar-refractivity contribution in [1.82, 2.24) is 10.3 Å². The van der Waals surface area contributed by atoms with Crippen LogP contribution in [0.25, 0.3) is 0 Å². The van der Waals surface area contributed by atoms with Crippen molar-refractivity contribution in [2.24, 2.45) is 0 Å². The number of ether oxygens (including phenoxy) is 2. The first-order valence-electron chi connectivity index (χ1n) is 8.19. The molecule has 0 radical (unpaired) electrons. The molecule has 1 aromatic heterocycles. The highest BCUT2D eigenvalue weighted by molar-refractivity contribution is 7.11. The molecule has 0 bridgehead atoms. The topological polar surface area (TPSA) is 60.5 Å². The Morgan fingerprint density at radius 3 is 3.09 bits per heavy atom. The Balaban J connectivity index is 1.43. The second-order valence-electron chi connectivity index (χ2n) is 6.07. The summed E-state index contributed by atoms with van der Waals surface area (Å²) >= 11 is 1.74. The molecular weight excluding hydrogens is 300 g/mol. The standard InChI is InChI=1S/C16H24N2O3S/c1-11(16-18-13-6-2-3-7-14(13)22-16)17-15(19)10-20-9-12-5-4-8-21-12/h11-12H,2-10H2,1H3,(H,17,19). The number of carbonyl (C=O) groups is 1. The van der Waals surface area contributed by atoms with Crippen LogP contribution in [-0.2, 0) is 27.1 Å². The fraction of sp³-hybridized carbons (Fsp3) is 0.750. The summed E-state index contributed by atoms with van der Waals surface area (Å²) in [6.07, 6.45) is 6.99. The van der Waals surface area contributed by atoms with Gasteiger partial charge in [-0.15, -0.1) is 11.3 Å². The minimum atomic E-state index is -0.0846. The van der Waals surface area contributed by atoms with Crippen molar-refractivity contribution in [2.45, 2.75) is 57.6 Å². The van der Waals surface area contributed by atoms with E-state index in [1.54, 1.807) is 11.3 Å². The molecule has 1 aliphatic carbocycles. The lowest BCUT2D eigenvalue weighted by Gasteiger charge is -2.13. The Bertz CT molecular complexity index is 488. The number of amides is 1. The van der Waals surface area contributed by atoms with Gasteiger partial charge < -0.3 is 14.8 Å². The van der Waals surface area contributed by atoms with Crippen LogP contribution in [0.4, 0.5) is 0 Å². The van der Waals surface area contributed by atoms with Crippen molar-refractivity contribution in [3.05, 3.63) is 15.6 Å². The minimum Gasteiger partial charge on any atom is -0.376 e. The van der Waals surface area contributed by atoms with Crippen LogP contribution in [0.3, 0.4) is 0 Å². The Morgan fingerprint density at radius 1 is 1.45 bits per heavy atom. The van der Waals surface area contributed by atoms with Gasteiger partial charge in [0.2, 0.25) is 5.91 Å². The lowest BCUT2D eigenvalue weighted by molar-refractivity contribution is -0.127. The molecule has 1 aliphatic heterocycles. The van der Waals surface area contributed by atoms with Crippen molar-refractivity contribution in [3.8, 4) is 0 Å². The third kappa shape index (κ3) is 4.06. The molecule has 2 unspecified atom stereocenters.